The molecule has 2 aliphatic rings. The summed E-state index contributed by atoms with van der Waals surface area (Å²) in [5.41, 5.74) is 3.74. The van der Waals surface area contributed by atoms with E-state index in [0.717, 1.165) is 42.5 Å². The Labute approximate surface area is 168 Å². The minimum Gasteiger partial charge on any atom is -0.445 e. The number of para-hydroxylation sites is 1. The number of fused-ring (bicyclic) bond motifs is 2. The van der Waals surface area contributed by atoms with Gasteiger partial charge in [-0.05, 0) is 46.0 Å². The summed E-state index contributed by atoms with van der Waals surface area (Å²) in [6.07, 6.45) is 1.72. The molecule has 6 heteroatoms. The van der Waals surface area contributed by atoms with Crippen LogP contribution >= 0.6 is 28.3 Å². The summed E-state index contributed by atoms with van der Waals surface area (Å²) in [5.74, 6) is 0. The van der Waals surface area contributed by atoms with Gasteiger partial charge in [0.05, 0.1) is 5.69 Å². The van der Waals surface area contributed by atoms with Crippen molar-refractivity contribution in [2.24, 2.45) is 0 Å². The molecular weight excluding hydrogens is 416 g/mol. The van der Waals surface area contributed by atoms with Gasteiger partial charge in [0.25, 0.3) is 0 Å². The number of ether oxygens (including phenoxy) is 1. The number of hydrogen-bond acceptors (Lipinski definition) is 3. The van der Waals surface area contributed by atoms with E-state index in [1.165, 1.54) is 11.3 Å². The Balaban J connectivity index is 0.00000196. The summed E-state index contributed by atoms with van der Waals surface area (Å²) in [5, 5.41) is 3.54. The Morgan fingerprint density at radius 1 is 1.12 bits per heavy atom. The normalized spacial score (nSPS) is 17.2. The Bertz CT molecular complexity index is 777. The number of amides is 1. The van der Waals surface area contributed by atoms with Crippen LogP contribution in [0.4, 0.5) is 10.5 Å². The first-order chi connectivity index (χ1) is 12.2. The lowest BCUT2D eigenvalue weighted by atomic mass is 9.74. The Hall–Kier alpha value is -1.72. The molecule has 2 aromatic carbocycles. The van der Waals surface area contributed by atoms with Crippen molar-refractivity contribution < 1.29 is 9.53 Å². The number of anilines is 1. The Kier molecular flexibility index (Phi) is 5.78. The molecule has 0 radical (unpaired) electrons. The number of carbonyl (C=O) groups excluding carboxylic acids is 1. The molecule has 4 nitrogen and oxygen atoms in total. The molecule has 1 spiro atoms. The molecule has 1 amide bonds. The number of halogens is 2. The maximum Gasteiger partial charge on any atom is 0.410 e. The Morgan fingerprint density at radius 3 is 2.58 bits per heavy atom. The van der Waals surface area contributed by atoms with Crippen LogP contribution in [-0.4, -0.2) is 30.6 Å². The second-order valence-electron chi connectivity index (χ2n) is 6.82. The molecule has 2 aliphatic heterocycles. The lowest BCUT2D eigenvalue weighted by Crippen LogP contribution is -2.46. The zero-order valence-corrected chi connectivity index (χ0v) is 16.8. The van der Waals surface area contributed by atoms with Crippen LogP contribution in [0.5, 0.6) is 0 Å². The molecule has 0 saturated carbocycles. The number of benzene rings is 2. The second-order valence-corrected chi connectivity index (χ2v) is 7.68. The first kappa shape index (κ1) is 19.1. The summed E-state index contributed by atoms with van der Waals surface area (Å²) in [6.45, 7) is 2.75. The van der Waals surface area contributed by atoms with Crippen LogP contribution in [0.1, 0.15) is 24.0 Å². The number of nitrogens with zero attached hydrogens (tertiary/aromatic N) is 1. The standard InChI is InChI=1S/C20H21BrN2O2.ClH/c21-17-8-4-7-16-18(17)22-14-20(16)9-11-23(12-10-20)19(24)25-13-15-5-2-1-3-6-15;/h1-8,22H,9-14H2;1H. The molecule has 0 atom stereocenters. The number of nitrogens with one attached hydrogen (secondary N) is 1. The van der Waals surface area contributed by atoms with Crippen molar-refractivity contribution in [2.45, 2.75) is 24.9 Å². The van der Waals surface area contributed by atoms with E-state index in [4.69, 9.17) is 4.74 Å². The molecule has 1 saturated heterocycles. The first-order valence-electron chi connectivity index (χ1n) is 8.66. The van der Waals surface area contributed by atoms with Crippen LogP contribution in [0.25, 0.3) is 0 Å². The summed E-state index contributed by atoms with van der Waals surface area (Å²) in [4.78, 5) is 14.2. The second kappa shape index (κ2) is 7.89. The van der Waals surface area contributed by atoms with Crippen LogP contribution < -0.4 is 5.32 Å². The average Bonchev–Trinajstić information content (AvgIpc) is 3.01. The van der Waals surface area contributed by atoms with Gasteiger partial charge in [0.2, 0.25) is 0 Å². The molecule has 0 aromatic heterocycles. The van der Waals surface area contributed by atoms with Crippen LogP contribution in [-0.2, 0) is 16.8 Å². The minimum atomic E-state index is -0.209. The van der Waals surface area contributed by atoms with Gasteiger partial charge in [-0.25, -0.2) is 4.79 Å². The lowest BCUT2D eigenvalue weighted by molar-refractivity contribution is 0.0794. The predicted molar refractivity (Wildman–Crippen MR) is 109 cm³/mol. The zero-order chi connectivity index (χ0) is 17.3. The highest BCUT2D eigenvalue weighted by molar-refractivity contribution is 9.10. The molecule has 0 unspecified atom stereocenters. The third kappa shape index (κ3) is 3.55. The van der Waals surface area contributed by atoms with Crippen molar-refractivity contribution in [3.63, 3.8) is 0 Å². The SMILES string of the molecule is Cl.O=C(OCc1ccccc1)N1CCC2(CC1)CNc1c(Br)cccc12. The van der Waals surface area contributed by atoms with Gasteiger partial charge in [-0.3, -0.25) is 0 Å². The van der Waals surface area contributed by atoms with Crippen molar-refractivity contribution in [1.82, 2.24) is 4.90 Å². The topological polar surface area (TPSA) is 41.6 Å². The number of carbonyl (C=O) groups is 1. The van der Waals surface area contributed by atoms with Crippen molar-refractivity contribution in [3.8, 4) is 0 Å². The predicted octanol–water partition coefficient (Wildman–Crippen LogP) is 4.97. The van der Waals surface area contributed by atoms with Crippen LogP contribution in [0, 0.1) is 0 Å². The van der Waals surface area contributed by atoms with E-state index in [0.29, 0.717) is 6.61 Å². The summed E-state index contributed by atoms with van der Waals surface area (Å²) in [6, 6.07) is 16.2. The van der Waals surface area contributed by atoms with Gasteiger partial charge in [-0.15, -0.1) is 12.4 Å². The van der Waals surface area contributed by atoms with E-state index >= 15 is 0 Å². The molecule has 4 rings (SSSR count). The molecule has 2 heterocycles. The quantitative estimate of drug-likeness (QED) is 0.721. The molecule has 1 fully saturated rings. The van der Waals surface area contributed by atoms with Crippen molar-refractivity contribution >= 4 is 40.1 Å². The number of hydrogen-bond donors (Lipinski definition) is 1. The van der Waals surface area contributed by atoms with E-state index < -0.39 is 0 Å². The van der Waals surface area contributed by atoms with Crippen LogP contribution in [0.3, 0.4) is 0 Å². The summed E-state index contributed by atoms with van der Waals surface area (Å²) in [7, 11) is 0. The molecule has 2 aromatic rings. The van der Waals surface area contributed by atoms with Gasteiger partial charge >= 0.3 is 6.09 Å². The number of rotatable bonds is 2. The van der Waals surface area contributed by atoms with Gasteiger partial charge in [0.1, 0.15) is 6.61 Å². The summed E-state index contributed by atoms with van der Waals surface area (Å²) < 4.78 is 6.59. The molecule has 138 valence electrons. The molecular formula is C20H22BrClN2O2. The third-order valence-electron chi connectivity index (χ3n) is 5.37. The van der Waals surface area contributed by atoms with Gasteiger partial charge in [0.15, 0.2) is 0 Å². The van der Waals surface area contributed by atoms with Crippen molar-refractivity contribution in [3.05, 3.63) is 64.1 Å². The van der Waals surface area contributed by atoms with E-state index in [-0.39, 0.29) is 23.9 Å². The van der Waals surface area contributed by atoms with E-state index in [9.17, 15) is 4.79 Å². The van der Waals surface area contributed by atoms with Gasteiger partial charge in [-0.2, -0.15) is 0 Å². The maximum atomic E-state index is 12.4. The van der Waals surface area contributed by atoms with E-state index in [1.54, 1.807) is 0 Å². The first-order valence-corrected chi connectivity index (χ1v) is 9.46. The lowest BCUT2D eigenvalue weighted by Gasteiger charge is -2.38. The van der Waals surface area contributed by atoms with Gasteiger partial charge in [0, 0.05) is 29.5 Å². The minimum absolute atomic E-state index is 0. The zero-order valence-electron chi connectivity index (χ0n) is 14.4. The fourth-order valence-electron chi connectivity index (χ4n) is 3.87. The fraction of sp³-hybridized carbons (Fsp3) is 0.350. The average molecular weight is 438 g/mol. The maximum absolute atomic E-state index is 12.4. The summed E-state index contributed by atoms with van der Waals surface area (Å²) >= 11 is 3.63. The fourth-order valence-corrected chi connectivity index (χ4v) is 4.38. The Morgan fingerprint density at radius 2 is 1.85 bits per heavy atom. The van der Waals surface area contributed by atoms with Crippen molar-refractivity contribution in [2.75, 3.05) is 25.0 Å². The van der Waals surface area contributed by atoms with Crippen LogP contribution in [0.15, 0.2) is 53.0 Å². The third-order valence-corrected chi connectivity index (χ3v) is 6.03. The molecule has 1 N–H and O–H groups in total. The molecule has 26 heavy (non-hydrogen) atoms. The molecule has 0 aliphatic carbocycles. The smallest absolute Gasteiger partial charge is 0.410 e. The molecule has 0 bridgehead atoms. The van der Waals surface area contributed by atoms with Crippen molar-refractivity contribution in [1.29, 1.82) is 0 Å². The number of likely N-dealkylation sites (tertiary alicyclic amines) is 1. The highest BCUT2D eigenvalue weighted by atomic mass is 79.9. The number of piperidine rings is 1. The highest BCUT2D eigenvalue weighted by Crippen LogP contribution is 2.46. The van der Waals surface area contributed by atoms with E-state index in [2.05, 4.69) is 39.4 Å². The largest absolute Gasteiger partial charge is 0.445 e. The van der Waals surface area contributed by atoms with Gasteiger partial charge in [-0.1, -0.05) is 42.5 Å². The van der Waals surface area contributed by atoms with Crippen LogP contribution in [0.2, 0.25) is 0 Å². The monoisotopic (exact) mass is 436 g/mol. The highest BCUT2D eigenvalue weighted by Gasteiger charge is 2.42. The van der Waals surface area contributed by atoms with Gasteiger partial charge < -0.3 is 15.0 Å². The van der Waals surface area contributed by atoms with E-state index in [1.807, 2.05) is 35.2 Å².